The Hall–Kier alpha value is -2.84. The summed E-state index contributed by atoms with van der Waals surface area (Å²) < 4.78 is 7.43. The Morgan fingerprint density at radius 3 is 2.81 bits per heavy atom. The molecule has 1 aliphatic heterocycles. The smallest absolute Gasteiger partial charge is 0.323 e. The molecule has 6 nitrogen and oxygen atoms in total. The van der Waals surface area contributed by atoms with Gasteiger partial charge in [0, 0.05) is 22.7 Å². The zero-order valence-electron chi connectivity index (χ0n) is 14.0. The Labute approximate surface area is 164 Å². The minimum absolute atomic E-state index is 0.145. The number of thioether (sulfide) groups is 1. The predicted octanol–water partition coefficient (Wildman–Crippen LogP) is 3.72. The van der Waals surface area contributed by atoms with Gasteiger partial charge in [0.25, 0.3) is 5.91 Å². The van der Waals surface area contributed by atoms with E-state index < -0.39 is 5.97 Å². The van der Waals surface area contributed by atoms with Crippen molar-refractivity contribution >= 4 is 57.2 Å². The lowest BCUT2D eigenvalue weighted by Gasteiger charge is -2.11. The highest BCUT2D eigenvalue weighted by molar-refractivity contribution is 8.26. The van der Waals surface area contributed by atoms with Crippen molar-refractivity contribution in [2.24, 2.45) is 0 Å². The summed E-state index contributed by atoms with van der Waals surface area (Å²) in [7, 11) is 0. The molecule has 1 fully saturated rings. The van der Waals surface area contributed by atoms with Crippen LogP contribution in [0.1, 0.15) is 11.3 Å². The molecule has 8 heteroatoms. The van der Waals surface area contributed by atoms with Gasteiger partial charge in [-0.3, -0.25) is 14.5 Å². The summed E-state index contributed by atoms with van der Waals surface area (Å²) in [5, 5.41) is 10.0. The average molecular weight is 398 g/mol. The number of thiocarbonyl (C=S) groups is 1. The number of rotatable bonds is 5. The molecule has 0 aliphatic carbocycles. The molecule has 2 aromatic heterocycles. The predicted molar refractivity (Wildman–Crippen MR) is 107 cm³/mol. The van der Waals surface area contributed by atoms with Crippen LogP contribution in [0.15, 0.2) is 58.2 Å². The molecule has 3 heterocycles. The lowest BCUT2D eigenvalue weighted by molar-refractivity contribution is -0.137. The van der Waals surface area contributed by atoms with Crippen LogP contribution in [0.5, 0.6) is 0 Å². The number of aliphatic carboxylic acids is 1. The van der Waals surface area contributed by atoms with Gasteiger partial charge < -0.3 is 14.1 Å². The van der Waals surface area contributed by atoms with Crippen molar-refractivity contribution in [1.82, 2.24) is 9.47 Å². The van der Waals surface area contributed by atoms with E-state index in [1.807, 2.05) is 24.3 Å². The highest BCUT2D eigenvalue weighted by atomic mass is 32.2. The first-order valence-corrected chi connectivity index (χ1v) is 9.33. The van der Waals surface area contributed by atoms with Gasteiger partial charge in [0.05, 0.1) is 17.7 Å². The third kappa shape index (κ3) is 3.41. The summed E-state index contributed by atoms with van der Waals surface area (Å²) in [5.74, 6) is -0.450. The average Bonchev–Trinajstić information content (AvgIpc) is 3.32. The third-order valence-electron chi connectivity index (χ3n) is 4.18. The van der Waals surface area contributed by atoms with Gasteiger partial charge in [-0.25, -0.2) is 0 Å². The molecule has 136 valence electrons. The van der Waals surface area contributed by atoms with Crippen LogP contribution < -0.4 is 0 Å². The Morgan fingerprint density at radius 1 is 1.26 bits per heavy atom. The molecule has 0 bridgehead atoms. The maximum atomic E-state index is 12.8. The summed E-state index contributed by atoms with van der Waals surface area (Å²) >= 11 is 6.58. The second-order valence-electron chi connectivity index (χ2n) is 5.97. The van der Waals surface area contributed by atoms with E-state index in [1.165, 1.54) is 16.7 Å². The Balaban J connectivity index is 1.68. The Bertz CT molecular complexity index is 1080. The van der Waals surface area contributed by atoms with Crippen molar-refractivity contribution in [3.05, 3.63) is 65.1 Å². The molecule has 0 atom stereocenters. The van der Waals surface area contributed by atoms with Crippen LogP contribution in [0.2, 0.25) is 0 Å². The van der Waals surface area contributed by atoms with Crippen molar-refractivity contribution in [3.8, 4) is 0 Å². The number of furan rings is 1. The van der Waals surface area contributed by atoms with Crippen LogP contribution in [-0.4, -0.2) is 30.8 Å². The second-order valence-corrected chi connectivity index (χ2v) is 7.65. The molecular formula is C19H14N2O4S2. The van der Waals surface area contributed by atoms with E-state index in [2.05, 4.69) is 0 Å². The number of benzene rings is 1. The quantitative estimate of drug-likeness (QED) is 0.521. The number of hydrogen-bond donors (Lipinski definition) is 1. The van der Waals surface area contributed by atoms with E-state index in [1.54, 1.807) is 35.2 Å². The minimum atomic E-state index is -0.924. The van der Waals surface area contributed by atoms with Crippen LogP contribution in [0.25, 0.3) is 17.0 Å². The van der Waals surface area contributed by atoms with E-state index in [0.717, 1.165) is 16.5 Å². The maximum absolute atomic E-state index is 12.8. The zero-order chi connectivity index (χ0) is 19.0. The normalized spacial score (nSPS) is 16.0. The highest BCUT2D eigenvalue weighted by Gasteiger charge is 2.32. The molecule has 0 radical (unpaired) electrons. The zero-order valence-corrected chi connectivity index (χ0v) is 15.6. The number of aromatic nitrogens is 1. The molecule has 3 aromatic rings. The fourth-order valence-electron chi connectivity index (χ4n) is 3.00. The molecule has 1 aliphatic rings. The lowest BCUT2D eigenvalue weighted by Crippen LogP contribution is -2.27. The fraction of sp³-hybridized carbons (Fsp3) is 0.105. The van der Waals surface area contributed by atoms with E-state index in [9.17, 15) is 9.59 Å². The maximum Gasteiger partial charge on any atom is 0.323 e. The van der Waals surface area contributed by atoms with E-state index in [-0.39, 0.29) is 19.0 Å². The number of amides is 1. The van der Waals surface area contributed by atoms with Gasteiger partial charge in [-0.05, 0) is 24.3 Å². The number of carboxylic acid groups (broad SMARTS) is 1. The summed E-state index contributed by atoms with van der Waals surface area (Å²) in [4.78, 5) is 25.9. The SMILES string of the molecule is O=C(O)Cn1cc(/C=C2\SC(=S)N(Cc3ccco3)C2=O)c2ccccc21. The Kier molecular flexibility index (Phi) is 4.59. The summed E-state index contributed by atoms with van der Waals surface area (Å²) in [5.41, 5.74) is 1.59. The van der Waals surface area contributed by atoms with E-state index in [4.69, 9.17) is 21.7 Å². The summed E-state index contributed by atoms with van der Waals surface area (Å²) in [6.45, 7) is 0.142. The van der Waals surface area contributed by atoms with E-state index in [0.29, 0.717) is 15.0 Å². The number of hydrogen-bond acceptors (Lipinski definition) is 5. The highest BCUT2D eigenvalue weighted by Crippen LogP contribution is 2.35. The molecule has 1 amide bonds. The molecule has 1 aromatic carbocycles. The van der Waals surface area contributed by atoms with Crippen molar-refractivity contribution in [2.75, 3.05) is 0 Å². The molecule has 0 spiro atoms. The van der Waals surface area contributed by atoms with Crippen molar-refractivity contribution in [3.63, 3.8) is 0 Å². The lowest BCUT2D eigenvalue weighted by atomic mass is 10.1. The van der Waals surface area contributed by atoms with Crippen LogP contribution in [0.3, 0.4) is 0 Å². The molecule has 1 N–H and O–H groups in total. The van der Waals surface area contributed by atoms with E-state index >= 15 is 0 Å². The number of para-hydroxylation sites is 1. The molecular weight excluding hydrogens is 384 g/mol. The van der Waals surface area contributed by atoms with Crippen LogP contribution in [-0.2, 0) is 22.7 Å². The van der Waals surface area contributed by atoms with Crippen LogP contribution >= 0.6 is 24.0 Å². The van der Waals surface area contributed by atoms with Gasteiger partial charge in [0.2, 0.25) is 0 Å². The van der Waals surface area contributed by atoms with Gasteiger partial charge in [-0.1, -0.05) is 42.2 Å². The first-order valence-electron chi connectivity index (χ1n) is 8.10. The van der Waals surface area contributed by atoms with Gasteiger partial charge in [0.1, 0.15) is 16.6 Å². The fourth-order valence-corrected chi connectivity index (χ4v) is 4.25. The molecule has 27 heavy (non-hydrogen) atoms. The monoisotopic (exact) mass is 398 g/mol. The molecule has 0 unspecified atom stereocenters. The summed E-state index contributed by atoms with van der Waals surface area (Å²) in [6.07, 6.45) is 5.07. The van der Waals surface area contributed by atoms with Crippen molar-refractivity contribution in [2.45, 2.75) is 13.1 Å². The van der Waals surface area contributed by atoms with Gasteiger partial charge in [-0.2, -0.15) is 0 Å². The number of carbonyl (C=O) groups excluding carboxylic acids is 1. The second kappa shape index (κ2) is 7.05. The number of carbonyl (C=O) groups is 2. The van der Waals surface area contributed by atoms with Crippen LogP contribution in [0.4, 0.5) is 0 Å². The Morgan fingerprint density at radius 2 is 2.07 bits per heavy atom. The third-order valence-corrected chi connectivity index (χ3v) is 5.56. The molecule has 0 saturated carbocycles. The molecule has 4 rings (SSSR count). The summed E-state index contributed by atoms with van der Waals surface area (Å²) in [6, 6.07) is 11.1. The number of nitrogens with zero attached hydrogens (tertiary/aromatic N) is 2. The number of carboxylic acids is 1. The largest absolute Gasteiger partial charge is 0.480 e. The number of fused-ring (bicyclic) bond motifs is 1. The van der Waals surface area contributed by atoms with Crippen LogP contribution in [0, 0.1) is 0 Å². The van der Waals surface area contributed by atoms with Gasteiger partial charge >= 0.3 is 5.97 Å². The van der Waals surface area contributed by atoms with Gasteiger partial charge in [-0.15, -0.1) is 0 Å². The standard InChI is InChI=1S/C19H14N2O4S2/c22-17(23)11-20-9-12(14-5-1-2-6-15(14)20)8-16-18(24)21(19(26)27-16)10-13-4-3-7-25-13/h1-9H,10-11H2,(H,22,23)/b16-8-. The van der Waals surface area contributed by atoms with Crippen molar-refractivity contribution in [1.29, 1.82) is 0 Å². The first kappa shape index (κ1) is 17.6. The first-order chi connectivity index (χ1) is 13.0. The van der Waals surface area contributed by atoms with Crippen molar-refractivity contribution < 1.29 is 19.1 Å². The topological polar surface area (TPSA) is 75.7 Å². The molecule has 1 saturated heterocycles. The minimum Gasteiger partial charge on any atom is -0.480 e. The van der Waals surface area contributed by atoms with Gasteiger partial charge in [0.15, 0.2) is 0 Å².